The molecule has 30 heavy (non-hydrogen) atoms. The van der Waals surface area contributed by atoms with E-state index in [9.17, 15) is 4.79 Å². The zero-order valence-corrected chi connectivity index (χ0v) is 18.1. The monoisotopic (exact) mass is 402 g/mol. The summed E-state index contributed by atoms with van der Waals surface area (Å²) in [6.45, 7) is 8.12. The molecule has 0 fully saturated rings. The number of benzene rings is 1. The van der Waals surface area contributed by atoms with E-state index in [4.69, 9.17) is 5.73 Å². The molecule has 1 aromatic carbocycles. The van der Waals surface area contributed by atoms with E-state index in [-0.39, 0.29) is 12.3 Å². The van der Waals surface area contributed by atoms with Gasteiger partial charge in [-0.2, -0.15) is 0 Å². The zero-order valence-electron chi connectivity index (χ0n) is 18.1. The number of hydrogen-bond acceptors (Lipinski definition) is 4. The molecule has 0 saturated carbocycles. The van der Waals surface area contributed by atoms with Gasteiger partial charge in [0.15, 0.2) is 0 Å². The van der Waals surface area contributed by atoms with Crippen LogP contribution in [0.15, 0.2) is 55.1 Å². The van der Waals surface area contributed by atoms with Gasteiger partial charge in [-0.1, -0.05) is 12.1 Å². The predicted octanol–water partition coefficient (Wildman–Crippen LogP) is 3.72. The van der Waals surface area contributed by atoms with Crippen molar-refractivity contribution in [2.75, 3.05) is 18.0 Å². The lowest BCUT2D eigenvalue weighted by Gasteiger charge is -2.30. The minimum Gasteiger partial charge on any atom is -0.370 e. The molecule has 5 heteroatoms. The van der Waals surface area contributed by atoms with Crippen molar-refractivity contribution in [2.24, 2.45) is 5.73 Å². The fourth-order valence-electron chi connectivity index (χ4n) is 3.90. The van der Waals surface area contributed by atoms with Crippen LogP contribution < -0.4 is 10.6 Å². The van der Waals surface area contributed by atoms with E-state index in [0.29, 0.717) is 0 Å². The number of nitrogens with two attached hydrogens (primary N) is 1. The van der Waals surface area contributed by atoms with Crippen LogP contribution in [0.25, 0.3) is 0 Å². The molecule has 0 bridgehead atoms. The number of pyridine rings is 2. The molecule has 1 amide bonds. The van der Waals surface area contributed by atoms with Crippen molar-refractivity contribution in [3.8, 4) is 0 Å². The molecular formula is C25H30N4O. The number of nitrogens with zero attached hydrogens (tertiary/aromatic N) is 3. The average Bonchev–Trinajstić information content (AvgIpc) is 2.74. The molecule has 5 nitrogen and oxygen atoms in total. The summed E-state index contributed by atoms with van der Waals surface area (Å²) in [4.78, 5) is 22.4. The molecule has 0 atom stereocenters. The molecule has 0 aliphatic carbocycles. The number of carbonyl (C=O) groups is 1. The molecule has 2 N–H and O–H groups in total. The highest BCUT2D eigenvalue weighted by Gasteiger charge is 2.18. The summed E-state index contributed by atoms with van der Waals surface area (Å²) in [5.41, 5.74) is 13.8. The zero-order chi connectivity index (χ0) is 21.5. The molecule has 3 aromatic rings. The summed E-state index contributed by atoms with van der Waals surface area (Å²) in [6, 6.07) is 10.3. The number of aromatic nitrogens is 2. The van der Waals surface area contributed by atoms with Crippen LogP contribution in [0.3, 0.4) is 0 Å². The maximum Gasteiger partial charge on any atom is 0.221 e. The Hall–Kier alpha value is -3.21. The Kier molecular flexibility index (Phi) is 7.17. The molecule has 156 valence electrons. The van der Waals surface area contributed by atoms with Crippen molar-refractivity contribution >= 4 is 11.6 Å². The largest absolute Gasteiger partial charge is 0.370 e. The van der Waals surface area contributed by atoms with E-state index in [2.05, 4.69) is 59.9 Å². The lowest BCUT2D eigenvalue weighted by atomic mass is 9.94. The van der Waals surface area contributed by atoms with Crippen molar-refractivity contribution in [1.29, 1.82) is 0 Å². The van der Waals surface area contributed by atoms with Crippen LogP contribution in [0.4, 0.5) is 5.69 Å². The quantitative estimate of drug-likeness (QED) is 0.592. The van der Waals surface area contributed by atoms with Crippen LogP contribution in [0, 0.1) is 20.8 Å². The van der Waals surface area contributed by atoms with Crippen LogP contribution in [-0.2, 0) is 24.1 Å². The number of hydrogen-bond donors (Lipinski definition) is 1. The molecule has 2 heterocycles. The molecule has 3 rings (SSSR count). The Morgan fingerprint density at radius 2 is 1.63 bits per heavy atom. The first-order valence-corrected chi connectivity index (χ1v) is 10.4. The minimum atomic E-state index is -0.300. The summed E-state index contributed by atoms with van der Waals surface area (Å²) < 4.78 is 0. The second-order valence-corrected chi connectivity index (χ2v) is 7.80. The first-order chi connectivity index (χ1) is 14.5. The van der Waals surface area contributed by atoms with Gasteiger partial charge in [-0.15, -0.1) is 0 Å². The van der Waals surface area contributed by atoms with E-state index >= 15 is 0 Å². The third kappa shape index (κ3) is 5.44. The summed E-state index contributed by atoms with van der Waals surface area (Å²) in [7, 11) is 0. The van der Waals surface area contributed by atoms with Crippen LogP contribution >= 0.6 is 0 Å². The third-order valence-electron chi connectivity index (χ3n) is 5.67. The number of primary amides is 1. The number of anilines is 1. The summed E-state index contributed by atoms with van der Waals surface area (Å²) in [5, 5.41) is 0. The maximum absolute atomic E-state index is 11.6. The van der Waals surface area contributed by atoms with E-state index < -0.39 is 0 Å². The summed E-state index contributed by atoms with van der Waals surface area (Å²) in [6.07, 6.45) is 9.49. The molecule has 0 saturated heterocycles. The molecule has 0 aliphatic heterocycles. The van der Waals surface area contributed by atoms with Gasteiger partial charge in [0.05, 0.1) is 6.42 Å². The van der Waals surface area contributed by atoms with Gasteiger partial charge in [-0.05, 0) is 85.2 Å². The van der Waals surface area contributed by atoms with Crippen LogP contribution in [0.5, 0.6) is 0 Å². The number of carbonyl (C=O) groups excluding carboxylic acids is 1. The van der Waals surface area contributed by atoms with Crippen molar-refractivity contribution < 1.29 is 4.79 Å². The van der Waals surface area contributed by atoms with E-state index in [1.807, 2.05) is 24.7 Å². The highest BCUT2D eigenvalue weighted by atomic mass is 16.1. The van der Waals surface area contributed by atoms with Crippen LogP contribution in [0.2, 0.25) is 0 Å². The van der Waals surface area contributed by atoms with Gasteiger partial charge in [0.2, 0.25) is 5.91 Å². The van der Waals surface area contributed by atoms with Gasteiger partial charge >= 0.3 is 0 Å². The maximum atomic E-state index is 11.6. The molecule has 0 aliphatic rings. The first-order valence-electron chi connectivity index (χ1n) is 10.4. The first kappa shape index (κ1) is 21.5. The fourth-order valence-corrected chi connectivity index (χ4v) is 3.90. The van der Waals surface area contributed by atoms with Crippen LogP contribution in [-0.4, -0.2) is 29.0 Å². The Bertz CT molecular complexity index is 944. The Balaban J connectivity index is 1.93. The van der Waals surface area contributed by atoms with Gasteiger partial charge in [0, 0.05) is 43.6 Å². The fraction of sp³-hybridized carbons (Fsp3) is 0.320. The summed E-state index contributed by atoms with van der Waals surface area (Å²) in [5.74, 6) is -0.300. The summed E-state index contributed by atoms with van der Waals surface area (Å²) >= 11 is 0. The number of rotatable bonds is 9. The molecule has 0 unspecified atom stereocenters. The third-order valence-corrected chi connectivity index (χ3v) is 5.67. The van der Waals surface area contributed by atoms with Gasteiger partial charge in [-0.25, -0.2) is 0 Å². The van der Waals surface area contributed by atoms with Gasteiger partial charge < -0.3 is 10.6 Å². The Morgan fingerprint density at radius 1 is 0.933 bits per heavy atom. The van der Waals surface area contributed by atoms with Crippen molar-refractivity contribution in [3.63, 3.8) is 0 Å². The van der Waals surface area contributed by atoms with E-state index in [0.717, 1.165) is 37.1 Å². The highest BCUT2D eigenvalue weighted by molar-refractivity contribution is 5.78. The molecule has 2 aromatic heterocycles. The number of aryl methyl sites for hydroxylation is 1. The van der Waals surface area contributed by atoms with Crippen molar-refractivity contribution in [1.82, 2.24) is 9.97 Å². The second kappa shape index (κ2) is 10.0. The smallest absolute Gasteiger partial charge is 0.221 e. The molecule has 0 radical (unpaired) electrons. The Labute approximate surface area is 179 Å². The van der Waals surface area contributed by atoms with Crippen molar-refractivity contribution in [3.05, 3.63) is 88.5 Å². The predicted molar refractivity (Wildman–Crippen MR) is 122 cm³/mol. The topological polar surface area (TPSA) is 72.1 Å². The van der Waals surface area contributed by atoms with Gasteiger partial charge in [0.1, 0.15) is 0 Å². The highest BCUT2D eigenvalue weighted by Crippen LogP contribution is 2.31. The van der Waals surface area contributed by atoms with Gasteiger partial charge in [0.25, 0.3) is 0 Å². The lowest BCUT2D eigenvalue weighted by molar-refractivity contribution is -0.117. The second-order valence-electron chi connectivity index (χ2n) is 7.80. The molecule has 0 spiro atoms. The SMILES string of the molecule is Cc1cc(CC(N)=O)c(C)c(N(CCc2ccncc2)CCc2cccnc2)c1C. The Morgan fingerprint density at radius 3 is 2.27 bits per heavy atom. The van der Waals surface area contributed by atoms with E-state index in [1.165, 1.54) is 27.9 Å². The average molecular weight is 403 g/mol. The normalized spacial score (nSPS) is 10.8. The van der Waals surface area contributed by atoms with E-state index in [1.54, 1.807) is 6.20 Å². The lowest BCUT2D eigenvalue weighted by Crippen LogP contribution is -2.30. The standard InChI is InChI=1S/C25H30N4O/c1-18-15-23(16-24(26)30)20(3)25(19(18)2)29(13-8-21-6-11-27-12-7-21)14-9-22-5-4-10-28-17-22/h4-7,10-12,15,17H,8-9,13-14,16H2,1-3H3,(H2,26,30). The van der Waals surface area contributed by atoms with Gasteiger partial charge in [-0.3, -0.25) is 14.8 Å². The molecular weight excluding hydrogens is 372 g/mol. The van der Waals surface area contributed by atoms with Crippen LogP contribution in [0.1, 0.15) is 33.4 Å². The number of amides is 1. The van der Waals surface area contributed by atoms with Crippen molar-refractivity contribution in [2.45, 2.75) is 40.0 Å². The minimum absolute atomic E-state index is 0.265.